The van der Waals surface area contributed by atoms with Crippen LogP contribution in [0.5, 0.6) is 0 Å². The average Bonchev–Trinajstić information content (AvgIpc) is 3.42. The van der Waals surface area contributed by atoms with Gasteiger partial charge in [-0.15, -0.1) is 0 Å². The predicted molar refractivity (Wildman–Crippen MR) is 176 cm³/mol. The average molecular weight is 666 g/mol. The van der Waals surface area contributed by atoms with Crippen molar-refractivity contribution in [1.82, 2.24) is 24.2 Å². The first-order valence-corrected chi connectivity index (χ1v) is 16.1. The molecule has 48 heavy (non-hydrogen) atoms. The number of carbonyl (C=O) groups excluding carboxylic acids is 3. The molecule has 3 aromatic rings. The van der Waals surface area contributed by atoms with Crippen LogP contribution in [0.1, 0.15) is 101 Å². The van der Waals surface area contributed by atoms with Crippen molar-refractivity contribution >= 4 is 34.9 Å². The van der Waals surface area contributed by atoms with E-state index < -0.39 is 47.2 Å². The first kappa shape index (κ1) is 34.7. The van der Waals surface area contributed by atoms with Gasteiger partial charge in [0.15, 0.2) is 11.5 Å². The number of ether oxygens (including phenoxy) is 3. The first-order valence-electron chi connectivity index (χ1n) is 16.1. The number of nitrogens with zero attached hydrogens (tertiary/aromatic N) is 6. The maximum Gasteiger partial charge on any atom is 0.416 e. The fraction of sp³-hybridized carbons (Fsp3) is 0.559. The Balaban J connectivity index is 1.62. The Labute approximate surface area is 279 Å². The summed E-state index contributed by atoms with van der Waals surface area (Å²) in [6, 6.07) is 2.35. The van der Waals surface area contributed by atoms with Crippen molar-refractivity contribution in [3.63, 3.8) is 0 Å². The van der Waals surface area contributed by atoms with E-state index in [-0.39, 0.29) is 42.3 Å². The second-order valence-corrected chi connectivity index (χ2v) is 14.2. The molecular formula is C34H44FN7O6. The molecule has 0 unspecified atom stereocenters. The maximum atomic E-state index is 15.4. The summed E-state index contributed by atoms with van der Waals surface area (Å²) < 4.78 is 35.6. The zero-order chi connectivity index (χ0) is 35.1. The summed E-state index contributed by atoms with van der Waals surface area (Å²) >= 11 is 0. The van der Waals surface area contributed by atoms with Crippen LogP contribution in [-0.2, 0) is 14.2 Å². The van der Waals surface area contributed by atoms with Crippen LogP contribution >= 0.6 is 0 Å². The quantitative estimate of drug-likeness (QED) is 0.341. The Bertz CT molecular complexity index is 1790. The number of amides is 3. The fourth-order valence-electron chi connectivity index (χ4n) is 5.81. The number of primary amides is 1. The third kappa shape index (κ3) is 7.41. The number of hydrogen-bond donors (Lipinski definition) is 1. The second kappa shape index (κ2) is 13.1. The van der Waals surface area contributed by atoms with Crippen LogP contribution in [0.4, 0.5) is 19.8 Å². The van der Waals surface area contributed by atoms with Crippen LogP contribution in [0.15, 0.2) is 18.5 Å². The molecule has 258 valence electrons. The lowest BCUT2D eigenvalue weighted by molar-refractivity contribution is 0.0145. The minimum Gasteiger partial charge on any atom is -0.444 e. The van der Waals surface area contributed by atoms with Crippen LogP contribution in [0.3, 0.4) is 0 Å². The second-order valence-electron chi connectivity index (χ2n) is 14.2. The summed E-state index contributed by atoms with van der Waals surface area (Å²) in [4.78, 5) is 47.2. The normalized spacial score (nSPS) is 18.1. The number of methoxy groups -OCH3 is 1. The third-order valence-corrected chi connectivity index (χ3v) is 7.96. The summed E-state index contributed by atoms with van der Waals surface area (Å²) in [6.45, 7) is 12.7. The molecule has 14 heteroatoms. The van der Waals surface area contributed by atoms with Gasteiger partial charge in [0.2, 0.25) is 0 Å². The number of nitrogens with two attached hydrogens (primary N) is 1. The van der Waals surface area contributed by atoms with E-state index in [2.05, 4.69) is 16.8 Å². The zero-order valence-corrected chi connectivity index (χ0v) is 28.8. The molecule has 1 saturated heterocycles. The molecule has 5 rings (SSSR count). The smallest absolute Gasteiger partial charge is 0.416 e. The Morgan fingerprint density at radius 3 is 2.33 bits per heavy atom. The van der Waals surface area contributed by atoms with Gasteiger partial charge in [-0.1, -0.05) is 5.92 Å². The molecule has 0 bridgehead atoms. The van der Waals surface area contributed by atoms with E-state index >= 15 is 4.39 Å². The highest BCUT2D eigenvalue weighted by Gasteiger charge is 2.42. The largest absolute Gasteiger partial charge is 0.444 e. The van der Waals surface area contributed by atoms with Crippen molar-refractivity contribution < 1.29 is 33.0 Å². The molecule has 2 aliphatic rings. The molecule has 3 heterocycles. The minimum absolute atomic E-state index is 0.0541. The van der Waals surface area contributed by atoms with Crippen molar-refractivity contribution in [2.45, 2.75) is 97.1 Å². The fourth-order valence-corrected chi connectivity index (χ4v) is 5.81. The maximum absolute atomic E-state index is 15.4. The molecule has 2 atom stereocenters. The Morgan fingerprint density at radius 2 is 1.75 bits per heavy atom. The number of aromatic nitrogens is 4. The molecule has 2 aromatic heterocycles. The van der Waals surface area contributed by atoms with Crippen molar-refractivity contribution in [3.8, 4) is 11.8 Å². The van der Waals surface area contributed by atoms with Gasteiger partial charge in [0.05, 0.1) is 41.6 Å². The molecule has 1 aliphatic carbocycles. The van der Waals surface area contributed by atoms with Crippen molar-refractivity contribution in [2.24, 2.45) is 5.73 Å². The van der Waals surface area contributed by atoms with Crippen molar-refractivity contribution in [3.05, 3.63) is 41.1 Å². The van der Waals surface area contributed by atoms with E-state index in [0.717, 1.165) is 12.8 Å². The van der Waals surface area contributed by atoms with E-state index in [0.29, 0.717) is 23.5 Å². The lowest BCUT2D eigenvalue weighted by Crippen LogP contribution is -2.42. The van der Waals surface area contributed by atoms with Crippen LogP contribution in [0.25, 0.3) is 11.0 Å². The zero-order valence-electron chi connectivity index (χ0n) is 28.8. The van der Waals surface area contributed by atoms with Crippen LogP contribution in [0, 0.1) is 17.7 Å². The van der Waals surface area contributed by atoms with Gasteiger partial charge in [-0.25, -0.2) is 23.6 Å². The number of fused-ring (bicyclic) bond motifs is 1. The molecule has 13 nitrogen and oxygen atoms in total. The summed E-state index contributed by atoms with van der Waals surface area (Å²) in [7, 11) is 1.53. The SMILES string of the molecule is CCN(C(=O)OC(C)(C)C)c1c(C(N)=O)c(C#Cc2cc3ncn(C4CC4)c3cc2F)nn1[C@H]1C[C@H](COC)N(C(=O)OC(C)(C)C)C1. The van der Waals surface area contributed by atoms with Crippen LogP contribution in [0.2, 0.25) is 0 Å². The predicted octanol–water partition coefficient (Wildman–Crippen LogP) is 5.16. The van der Waals surface area contributed by atoms with Gasteiger partial charge >= 0.3 is 12.2 Å². The lowest BCUT2D eigenvalue weighted by atomic mass is 10.1. The van der Waals surface area contributed by atoms with Gasteiger partial charge in [-0.05, 0) is 79.7 Å². The third-order valence-electron chi connectivity index (χ3n) is 7.96. The number of likely N-dealkylation sites (tertiary alicyclic amines) is 1. The Morgan fingerprint density at radius 1 is 1.06 bits per heavy atom. The Hall–Kier alpha value is -4.64. The molecular weight excluding hydrogens is 621 g/mol. The van der Waals surface area contributed by atoms with Gasteiger partial charge in [0.25, 0.3) is 5.91 Å². The van der Waals surface area contributed by atoms with Crippen molar-refractivity contribution in [2.75, 3.05) is 31.7 Å². The van der Waals surface area contributed by atoms with Gasteiger partial charge in [0, 0.05) is 32.3 Å². The van der Waals surface area contributed by atoms with Gasteiger partial charge in [-0.2, -0.15) is 5.10 Å². The summed E-state index contributed by atoms with van der Waals surface area (Å²) in [5.74, 6) is 4.28. The molecule has 2 N–H and O–H groups in total. The minimum atomic E-state index is -0.892. The monoisotopic (exact) mass is 665 g/mol. The highest BCUT2D eigenvalue weighted by atomic mass is 19.1. The van der Waals surface area contributed by atoms with E-state index in [9.17, 15) is 14.4 Å². The van der Waals surface area contributed by atoms with Crippen LogP contribution < -0.4 is 10.6 Å². The Kier molecular flexibility index (Phi) is 9.47. The summed E-state index contributed by atoms with van der Waals surface area (Å²) in [5.41, 5.74) is 5.51. The molecule has 2 fully saturated rings. The van der Waals surface area contributed by atoms with Gasteiger partial charge in [0.1, 0.15) is 22.6 Å². The first-order chi connectivity index (χ1) is 22.5. The standard InChI is InChI=1S/C34H44FN7O6/c1-9-39(31(44)47-33(2,3)4)30-28(29(36)43)25(13-10-20-14-26-27(16-24(20)35)41(19-37-26)21-11-12-21)38-42(30)22-15-23(18-46-8)40(17-22)32(45)48-34(5,6)7/h14,16,19,21-23H,9,11-12,15,17-18H2,1-8H3,(H2,36,43)/t22-,23+/m0/s1. The number of hydrogen-bond acceptors (Lipinski definition) is 8. The van der Waals surface area contributed by atoms with E-state index in [1.807, 2.05) is 4.57 Å². The highest BCUT2D eigenvalue weighted by Crippen LogP contribution is 2.38. The van der Waals surface area contributed by atoms with E-state index in [1.165, 1.54) is 22.8 Å². The van der Waals surface area contributed by atoms with Crippen LogP contribution in [-0.4, -0.2) is 86.4 Å². The van der Waals surface area contributed by atoms with E-state index in [4.69, 9.17) is 25.0 Å². The molecule has 1 saturated carbocycles. The van der Waals surface area contributed by atoms with Gasteiger partial charge < -0.3 is 29.4 Å². The number of rotatable bonds is 7. The summed E-state index contributed by atoms with van der Waals surface area (Å²) in [5, 5.41) is 4.70. The molecule has 1 aromatic carbocycles. The van der Waals surface area contributed by atoms with Gasteiger partial charge in [-0.3, -0.25) is 9.69 Å². The molecule has 0 radical (unpaired) electrons. The molecule has 3 amide bonds. The molecule has 0 spiro atoms. The molecule has 1 aliphatic heterocycles. The number of benzene rings is 1. The van der Waals surface area contributed by atoms with E-state index in [1.54, 1.807) is 65.8 Å². The number of carbonyl (C=O) groups is 3. The lowest BCUT2D eigenvalue weighted by Gasteiger charge is -2.29. The summed E-state index contributed by atoms with van der Waals surface area (Å²) in [6.07, 6.45) is 2.84. The number of imidazole rings is 1. The number of anilines is 1. The topological polar surface area (TPSA) is 147 Å². The highest BCUT2D eigenvalue weighted by molar-refractivity contribution is 6.03. The van der Waals surface area contributed by atoms with Crippen molar-refractivity contribution in [1.29, 1.82) is 0 Å². The number of halogens is 1.